The second-order valence-corrected chi connectivity index (χ2v) is 7.12. The quantitative estimate of drug-likeness (QED) is 0.785. The van der Waals surface area contributed by atoms with Crippen molar-refractivity contribution in [2.24, 2.45) is 5.92 Å². The molecule has 2 nitrogen and oxygen atoms in total. The van der Waals surface area contributed by atoms with Crippen LogP contribution in [0.4, 0.5) is 0 Å². The zero-order chi connectivity index (χ0) is 13.9. The molecule has 3 rings (SSSR count). The van der Waals surface area contributed by atoms with Crippen molar-refractivity contribution in [2.75, 3.05) is 6.54 Å². The lowest BCUT2D eigenvalue weighted by atomic mass is 9.89. The fourth-order valence-electron chi connectivity index (χ4n) is 3.22. The Morgan fingerprint density at radius 2 is 1.90 bits per heavy atom. The van der Waals surface area contributed by atoms with Crippen molar-refractivity contribution in [2.45, 2.75) is 51.0 Å². The highest BCUT2D eigenvalue weighted by atomic mass is 79.9. The number of nitrogens with zero attached hydrogens (tertiary/aromatic N) is 1. The molecular formula is C17H22BrNO. The Labute approximate surface area is 129 Å². The van der Waals surface area contributed by atoms with E-state index < -0.39 is 0 Å². The molecule has 0 spiro atoms. The highest BCUT2D eigenvalue weighted by molar-refractivity contribution is 9.10. The first kappa shape index (κ1) is 14.1. The zero-order valence-corrected chi connectivity index (χ0v) is 13.4. The summed E-state index contributed by atoms with van der Waals surface area (Å²) in [6.07, 6.45) is 9.03. The molecule has 0 aromatic heterocycles. The number of benzene rings is 1. The third-order valence-electron chi connectivity index (χ3n) is 4.50. The molecule has 0 radical (unpaired) electrons. The van der Waals surface area contributed by atoms with Crippen LogP contribution in [0, 0.1) is 5.92 Å². The molecule has 1 aromatic carbocycles. The normalized spacial score (nSPS) is 19.9. The van der Waals surface area contributed by atoms with E-state index in [0.717, 1.165) is 22.5 Å². The molecule has 3 heteroatoms. The zero-order valence-electron chi connectivity index (χ0n) is 11.9. The molecular weight excluding hydrogens is 314 g/mol. The van der Waals surface area contributed by atoms with Crippen LogP contribution in [-0.4, -0.2) is 23.4 Å². The van der Waals surface area contributed by atoms with Gasteiger partial charge in [-0.05, 0) is 49.8 Å². The van der Waals surface area contributed by atoms with E-state index in [9.17, 15) is 4.79 Å². The van der Waals surface area contributed by atoms with Gasteiger partial charge in [0.25, 0.3) is 5.91 Å². The monoisotopic (exact) mass is 335 g/mol. The topological polar surface area (TPSA) is 20.3 Å². The number of hydrogen-bond donors (Lipinski definition) is 0. The third-order valence-corrected chi connectivity index (χ3v) is 4.99. The van der Waals surface area contributed by atoms with Crippen molar-refractivity contribution in [1.29, 1.82) is 0 Å². The van der Waals surface area contributed by atoms with Crippen molar-refractivity contribution in [3.63, 3.8) is 0 Å². The van der Waals surface area contributed by atoms with Crippen LogP contribution in [0.5, 0.6) is 0 Å². The van der Waals surface area contributed by atoms with Gasteiger partial charge in [-0.25, -0.2) is 0 Å². The fourth-order valence-corrected chi connectivity index (χ4v) is 3.62. The smallest absolute Gasteiger partial charge is 0.254 e. The molecule has 108 valence electrons. The van der Waals surface area contributed by atoms with E-state index in [4.69, 9.17) is 0 Å². The maximum absolute atomic E-state index is 12.8. The van der Waals surface area contributed by atoms with Crippen molar-refractivity contribution < 1.29 is 4.79 Å². The maximum atomic E-state index is 12.8. The summed E-state index contributed by atoms with van der Waals surface area (Å²) in [4.78, 5) is 14.9. The highest BCUT2D eigenvalue weighted by Crippen LogP contribution is 2.32. The first-order valence-corrected chi connectivity index (χ1v) is 8.60. The van der Waals surface area contributed by atoms with Gasteiger partial charge in [0.1, 0.15) is 0 Å². The molecule has 1 aromatic rings. The second kappa shape index (κ2) is 6.30. The molecule has 20 heavy (non-hydrogen) atoms. The number of rotatable bonds is 4. The maximum Gasteiger partial charge on any atom is 0.254 e. The molecule has 2 fully saturated rings. The van der Waals surface area contributed by atoms with E-state index in [2.05, 4.69) is 20.8 Å². The predicted molar refractivity (Wildman–Crippen MR) is 84.8 cm³/mol. The number of hydrogen-bond acceptors (Lipinski definition) is 1. The van der Waals surface area contributed by atoms with Crippen LogP contribution < -0.4 is 0 Å². The molecule has 1 amide bonds. The first-order chi connectivity index (χ1) is 9.74. The predicted octanol–water partition coefficient (Wildman–Crippen LogP) is 4.63. The summed E-state index contributed by atoms with van der Waals surface area (Å²) in [7, 11) is 0. The van der Waals surface area contributed by atoms with E-state index in [0.29, 0.717) is 6.04 Å². The molecule has 0 unspecified atom stereocenters. The van der Waals surface area contributed by atoms with Crippen LogP contribution in [0.2, 0.25) is 0 Å². The average Bonchev–Trinajstić information content (AvgIpc) is 3.30. The average molecular weight is 336 g/mol. The van der Waals surface area contributed by atoms with Crippen LogP contribution in [0.3, 0.4) is 0 Å². The van der Waals surface area contributed by atoms with E-state index >= 15 is 0 Å². The van der Waals surface area contributed by atoms with Crippen molar-refractivity contribution in [3.05, 3.63) is 34.3 Å². The Morgan fingerprint density at radius 1 is 1.15 bits per heavy atom. The van der Waals surface area contributed by atoms with E-state index in [1.54, 1.807) is 0 Å². The third kappa shape index (κ3) is 3.43. The SMILES string of the molecule is O=C(c1cccc(Br)c1)N(CC1CCCCC1)C1CC1. The van der Waals surface area contributed by atoms with E-state index in [-0.39, 0.29) is 5.91 Å². The standard InChI is InChI=1S/C17H22BrNO/c18-15-8-4-7-14(11-15)17(20)19(16-9-10-16)12-13-5-2-1-3-6-13/h4,7-8,11,13,16H,1-3,5-6,9-10,12H2. The molecule has 0 saturated heterocycles. The van der Waals surface area contributed by atoms with Gasteiger partial charge in [0.2, 0.25) is 0 Å². The van der Waals surface area contributed by atoms with Crippen LogP contribution >= 0.6 is 15.9 Å². The van der Waals surface area contributed by atoms with Gasteiger partial charge in [0.15, 0.2) is 0 Å². The van der Waals surface area contributed by atoms with E-state index in [1.807, 2.05) is 24.3 Å². The summed E-state index contributed by atoms with van der Waals surface area (Å²) in [5.74, 6) is 0.944. The summed E-state index contributed by atoms with van der Waals surface area (Å²) in [6.45, 7) is 0.968. The molecule has 0 N–H and O–H groups in total. The minimum Gasteiger partial charge on any atom is -0.335 e. The molecule has 2 aliphatic carbocycles. The Kier molecular flexibility index (Phi) is 4.45. The van der Waals surface area contributed by atoms with Gasteiger partial charge in [-0.15, -0.1) is 0 Å². The minimum atomic E-state index is 0.222. The summed E-state index contributed by atoms with van der Waals surface area (Å²) in [5, 5.41) is 0. The Bertz CT molecular complexity index is 478. The van der Waals surface area contributed by atoms with Crippen LogP contribution in [-0.2, 0) is 0 Å². The Balaban J connectivity index is 1.71. The Hall–Kier alpha value is -0.830. The largest absolute Gasteiger partial charge is 0.335 e. The summed E-state index contributed by atoms with van der Waals surface area (Å²) < 4.78 is 0.983. The molecule has 0 bridgehead atoms. The van der Waals surface area contributed by atoms with Crippen molar-refractivity contribution in [1.82, 2.24) is 4.90 Å². The molecule has 0 heterocycles. The molecule has 2 saturated carbocycles. The minimum absolute atomic E-state index is 0.222. The molecule has 2 aliphatic rings. The molecule has 0 atom stereocenters. The van der Waals surface area contributed by atoms with Crippen LogP contribution in [0.15, 0.2) is 28.7 Å². The lowest BCUT2D eigenvalue weighted by molar-refractivity contribution is 0.0699. The van der Waals surface area contributed by atoms with Gasteiger partial charge in [-0.1, -0.05) is 41.3 Å². The summed E-state index contributed by atoms with van der Waals surface area (Å²) in [5.41, 5.74) is 0.821. The van der Waals surface area contributed by atoms with Gasteiger partial charge in [0, 0.05) is 22.6 Å². The van der Waals surface area contributed by atoms with Gasteiger partial charge >= 0.3 is 0 Å². The van der Waals surface area contributed by atoms with Crippen molar-refractivity contribution in [3.8, 4) is 0 Å². The van der Waals surface area contributed by atoms with Gasteiger partial charge < -0.3 is 4.90 Å². The second-order valence-electron chi connectivity index (χ2n) is 6.20. The first-order valence-electron chi connectivity index (χ1n) is 7.80. The highest BCUT2D eigenvalue weighted by Gasteiger charge is 2.34. The number of carbonyl (C=O) groups is 1. The lowest BCUT2D eigenvalue weighted by Gasteiger charge is -2.30. The number of halogens is 1. The van der Waals surface area contributed by atoms with Gasteiger partial charge in [0.05, 0.1) is 0 Å². The van der Waals surface area contributed by atoms with E-state index in [1.165, 1.54) is 44.9 Å². The number of carbonyl (C=O) groups excluding carboxylic acids is 1. The van der Waals surface area contributed by atoms with Gasteiger partial charge in [-0.3, -0.25) is 4.79 Å². The lowest BCUT2D eigenvalue weighted by Crippen LogP contribution is -2.37. The van der Waals surface area contributed by atoms with Crippen molar-refractivity contribution >= 4 is 21.8 Å². The summed E-state index contributed by atoms with van der Waals surface area (Å²) in [6, 6.07) is 8.30. The van der Waals surface area contributed by atoms with Crippen LogP contribution in [0.25, 0.3) is 0 Å². The summed E-state index contributed by atoms with van der Waals surface area (Å²) >= 11 is 3.46. The van der Waals surface area contributed by atoms with Gasteiger partial charge in [-0.2, -0.15) is 0 Å². The Morgan fingerprint density at radius 3 is 2.55 bits per heavy atom. The van der Waals surface area contributed by atoms with Crippen LogP contribution in [0.1, 0.15) is 55.3 Å². The fraction of sp³-hybridized carbons (Fsp3) is 0.588. The number of amides is 1. The molecule has 0 aliphatic heterocycles.